The zero-order valence-electron chi connectivity index (χ0n) is 12.5. The zero-order chi connectivity index (χ0) is 17.3. The van der Waals surface area contributed by atoms with E-state index >= 15 is 0 Å². The quantitative estimate of drug-likeness (QED) is 0.759. The molecule has 3 rings (SSSR count). The Hall–Kier alpha value is -3.04. The summed E-state index contributed by atoms with van der Waals surface area (Å²) in [4.78, 5) is 8.32. The summed E-state index contributed by atoms with van der Waals surface area (Å²) in [5.74, 6) is 0.132. The molecule has 2 heterocycles. The van der Waals surface area contributed by atoms with Crippen molar-refractivity contribution in [3.8, 4) is 5.75 Å². The van der Waals surface area contributed by atoms with Crippen LogP contribution in [0.25, 0.3) is 11.0 Å². The molecule has 7 nitrogen and oxygen atoms in total. The van der Waals surface area contributed by atoms with Gasteiger partial charge < -0.3 is 15.8 Å². The number of nitrogens with zero attached hydrogens (tertiary/aromatic N) is 4. The standard InChI is InChI=1S/C14H13F3N6O/c1-23-12-9(7-20-23)11(18)21-13(22-12)19-6-8-4-2-3-5-10(8)24-14(15,16)17/h2-5,7H,6H2,1H3,(H3,18,19,21,22). The van der Waals surface area contributed by atoms with Crippen LogP contribution in [0.1, 0.15) is 5.56 Å². The van der Waals surface area contributed by atoms with Gasteiger partial charge in [0.25, 0.3) is 0 Å². The number of nitrogens with one attached hydrogen (secondary N) is 1. The van der Waals surface area contributed by atoms with Gasteiger partial charge in [-0.1, -0.05) is 18.2 Å². The molecule has 10 heteroatoms. The molecule has 3 N–H and O–H groups in total. The summed E-state index contributed by atoms with van der Waals surface area (Å²) in [6.07, 6.45) is -3.22. The lowest BCUT2D eigenvalue weighted by molar-refractivity contribution is -0.274. The number of anilines is 2. The summed E-state index contributed by atoms with van der Waals surface area (Å²) < 4.78 is 42.8. The lowest BCUT2D eigenvalue weighted by atomic mass is 10.2. The highest BCUT2D eigenvalue weighted by Crippen LogP contribution is 2.27. The van der Waals surface area contributed by atoms with Crippen molar-refractivity contribution in [3.63, 3.8) is 0 Å². The van der Waals surface area contributed by atoms with Crippen molar-refractivity contribution in [1.29, 1.82) is 0 Å². The number of rotatable bonds is 4. The highest BCUT2D eigenvalue weighted by molar-refractivity contribution is 5.86. The normalized spacial score (nSPS) is 11.7. The van der Waals surface area contributed by atoms with E-state index in [9.17, 15) is 13.2 Å². The molecule has 0 aliphatic carbocycles. The second-order valence-electron chi connectivity index (χ2n) is 4.95. The van der Waals surface area contributed by atoms with Gasteiger partial charge in [-0.3, -0.25) is 4.68 Å². The van der Waals surface area contributed by atoms with Crippen LogP contribution < -0.4 is 15.8 Å². The Bertz CT molecular complexity index is 877. The second kappa shape index (κ2) is 5.87. The van der Waals surface area contributed by atoms with E-state index in [1.54, 1.807) is 19.3 Å². The van der Waals surface area contributed by atoms with Gasteiger partial charge in [0, 0.05) is 19.2 Å². The molecule has 0 spiro atoms. The molecule has 1 aromatic carbocycles. The van der Waals surface area contributed by atoms with Gasteiger partial charge in [-0.05, 0) is 6.07 Å². The van der Waals surface area contributed by atoms with Gasteiger partial charge in [-0.15, -0.1) is 13.2 Å². The van der Waals surface area contributed by atoms with Crippen molar-refractivity contribution in [3.05, 3.63) is 36.0 Å². The first-order chi connectivity index (χ1) is 11.3. The molecule has 0 saturated heterocycles. The van der Waals surface area contributed by atoms with Crippen molar-refractivity contribution >= 4 is 22.8 Å². The molecule has 126 valence electrons. The fraction of sp³-hybridized carbons (Fsp3) is 0.214. The van der Waals surface area contributed by atoms with Crippen molar-refractivity contribution in [2.75, 3.05) is 11.1 Å². The fourth-order valence-electron chi connectivity index (χ4n) is 2.17. The highest BCUT2D eigenvalue weighted by Gasteiger charge is 2.31. The van der Waals surface area contributed by atoms with Crippen molar-refractivity contribution in [1.82, 2.24) is 19.7 Å². The summed E-state index contributed by atoms with van der Waals surface area (Å²) in [6, 6.07) is 5.82. The average Bonchev–Trinajstić information content (AvgIpc) is 2.87. The number of halogens is 3. The molecular weight excluding hydrogens is 325 g/mol. The number of nitrogens with two attached hydrogens (primary N) is 1. The van der Waals surface area contributed by atoms with Gasteiger partial charge in [-0.2, -0.15) is 15.1 Å². The summed E-state index contributed by atoms with van der Waals surface area (Å²) in [7, 11) is 1.70. The highest BCUT2D eigenvalue weighted by atomic mass is 19.4. The predicted molar refractivity (Wildman–Crippen MR) is 81.2 cm³/mol. The van der Waals surface area contributed by atoms with Crippen LogP contribution >= 0.6 is 0 Å². The van der Waals surface area contributed by atoms with Crippen LogP contribution in [0.4, 0.5) is 24.9 Å². The van der Waals surface area contributed by atoms with Crippen LogP contribution in [0, 0.1) is 0 Å². The van der Waals surface area contributed by atoms with Crippen LogP contribution in [0.3, 0.4) is 0 Å². The maximum atomic E-state index is 12.4. The van der Waals surface area contributed by atoms with Crippen LogP contribution in [-0.2, 0) is 13.6 Å². The van der Waals surface area contributed by atoms with E-state index in [0.29, 0.717) is 16.6 Å². The van der Waals surface area contributed by atoms with Gasteiger partial charge >= 0.3 is 6.36 Å². The minimum absolute atomic E-state index is 0.0368. The smallest absolute Gasteiger partial charge is 0.405 e. The van der Waals surface area contributed by atoms with E-state index in [2.05, 4.69) is 25.1 Å². The van der Waals surface area contributed by atoms with E-state index < -0.39 is 6.36 Å². The first kappa shape index (κ1) is 15.8. The van der Waals surface area contributed by atoms with E-state index in [-0.39, 0.29) is 24.1 Å². The lowest BCUT2D eigenvalue weighted by Gasteiger charge is -2.13. The molecule has 0 atom stereocenters. The third-order valence-electron chi connectivity index (χ3n) is 3.26. The molecule has 0 unspecified atom stereocenters. The van der Waals surface area contributed by atoms with E-state index in [0.717, 1.165) is 0 Å². The van der Waals surface area contributed by atoms with Gasteiger partial charge in [0.1, 0.15) is 11.6 Å². The number of hydrogen-bond donors (Lipinski definition) is 2. The Morgan fingerprint density at radius 3 is 2.75 bits per heavy atom. The molecule has 2 aromatic heterocycles. The van der Waals surface area contributed by atoms with E-state index in [4.69, 9.17) is 5.73 Å². The van der Waals surface area contributed by atoms with Crippen LogP contribution in [0.15, 0.2) is 30.5 Å². The maximum Gasteiger partial charge on any atom is 0.573 e. The molecule has 0 saturated carbocycles. The number of para-hydroxylation sites is 1. The number of alkyl halides is 3. The number of benzene rings is 1. The van der Waals surface area contributed by atoms with Crippen LogP contribution in [0.5, 0.6) is 5.75 Å². The molecule has 0 amide bonds. The topological polar surface area (TPSA) is 90.9 Å². The summed E-state index contributed by atoms with van der Waals surface area (Å²) in [6.45, 7) is 0.0368. The molecule has 3 aromatic rings. The van der Waals surface area contributed by atoms with Crippen molar-refractivity contribution in [2.24, 2.45) is 7.05 Å². The minimum Gasteiger partial charge on any atom is -0.405 e. The SMILES string of the molecule is Cn1ncc2c(N)nc(NCc3ccccc3OC(F)(F)F)nc21. The van der Waals surface area contributed by atoms with Crippen LogP contribution in [0.2, 0.25) is 0 Å². The van der Waals surface area contributed by atoms with Gasteiger partial charge in [-0.25, -0.2) is 0 Å². The molecule has 0 aliphatic heterocycles. The lowest BCUT2D eigenvalue weighted by Crippen LogP contribution is -2.18. The Balaban J connectivity index is 1.83. The summed E-state index contributed by atoms with van der Waals surface area (Å²) in [5.41, 5.74) is 6.66. The number of fused-ring (bicyclic) bond motifs is 1. The Morgan fingerprint density at radius 1 is 1.25 bits per heavy atom. The predicted octanol–water partition coefficient (Wildman–Crippen LogP) is 2.46. The largest absolute Gasteiger partial charge is 0.573 e. The van der Waals surface area contributed by atoms with Gasteiger partial charge in [0.2, 0.25) is 5.95 Å². The third kappa shape index (κ3) is 3.31. The molecular formula is C14H13F3N6O. The monoisotopic (exact) mass is 338 g/mol. The molecule has 24 heavy (non-hydrogen) atoms. The summed E-state index contributed by atoms with van der Waals surface area (Å²) >= 11 is 0. The minimum atomic E-state index is -4.76. The molecule has 0 radical (unpaired) electrons. The Morgan fingerprint density at radius 2 is 2.00 bits per heavy atom. The van der Waals surface area contributed by atoms with Gasteiger partial charge in [0.05, 0.1) is 11.6 Å². The number of hydrogen-bond acceptors (Lipinski definition) is 6. The first-order valence-corrected chi connectivity index (χ1v) is 6.86. The number of aromatic nitrogens is 4. The van der Waals surface area contributed by atoms with Crippen molar-refractivity contribution in [2.45, 2.75) is 12.9 Å². The second-order valence-corrected chi connectivity index (χ2v) is 4.95. The number of aryl methyl sites for hydroxylation is 1. The Kier molecular flexibility index (Phi) is 3.87. The van der Waals surface area contributed by atoms with Crippen LogP contribution in [-0.4, -0.2) is 26.1 Å². The van der Waals surface area contributed by atoms with Crippen molar-refractivity contribution < 1.29 is 17.9 Å². The number of ether oxygens (including phenoxy) is 1. The first-order valence-electron chi connectivity index (χ1n) is 6.86. The van der Waals surface area contributed by atoms with E-state index in [1.165, 1.54) is 22.9 Å². The fourth-order valence-corrected chi connectivity index (χ4v) is 2.17. The third-order valence-corrected chi connectivity index (χ3v) is 3.26. The molecule has 0 fully saturated rings. The summed E-state index contributed by atoms with van der Waals surface area (Å²) in [5, 5.41) is 7.48. The Labute approximate surface area is 134 Å². The zero-order valence-corrected chi connectivity index (χ0v) is 12.5. The van der Waals surface area contributed by atoms with E-state index in [1.807, 2.05) is 0 Å². The molecule has 0 aliphatic rings. The maximum absolute atomic E-state index is 12.4. The number of nitrogen functional groups attached to an aromatic ring is 1. The van der Waals surface area contributed by atoms with Gasteiger partial charge in [0.15, 0.2) is 5.65 Å². The average molecular weight is 338 g/mol. The molecule has 0 bridgehead atoms.